The molecule has 0 fully saturated rings. The van der Waals surface area contributed by atoms with Crippen LogP contribution in [0.4, 0.5) is 0 Å². The van der Waals surface area contributed by atoms with Crippen LogP contribution in [0, 0.1) is 0 Å². The molecule has 5 nitrogen and oxygen atoms in total. The van der Waals surface area contributed by atoms with Crippen LogP contribution in [-0.4, -0.2) is 39.0 Å². The molecule has 100 valence electrons. The van der Waals surface area contributed by atoms with Gasteiger partial charge < -0.3 is 9.47 Å². The average Bonchev–Trinajstić information content (AvgIpc) is 2.39. The normalized spacial score (nSPS) is 12.2. The van der Waals surface area contributed by atoms with Gasteiger partial charge in [-0.1, -0.05) is 29.8 Å². The van der Waals surface area contributed by atoms with E-state index in [1.54, 1.807) is 24.3 Å². The van der Waals surface area contributed by atoms with Crippen molar-refractivity contribution in [3.05, 3.63) is 34.9 Å². The Morgan fingerprint density at radius 2 is 2.06 bits per heavy atom. The standard InChI is InChI=1S/C12H16ClNO4/c1-14(17-3)12(15)11(18-8-16-2)9-6-4-5-7-10(9)13/h4-7,11H,8H2,1-3H3. The predicted octanol–water partition coefficient (Wildman–Crippen LogP) is 2.02. The molecule has 0 heterocycles. The van der Waals surface area contributed by atoms with Crippen LogP contribution < -0.4 is 0 Å². The summed E-state index contributed by atoms with van der Waals surface area (Å²) in [5.74, 6) is -0.359. The Bertz CT molecular complexity index is 399. The highest BCUT2D eigenvalue weighted by atomic mass is 35.5. The number of likely N-dealkylation sites (N-methyl/N-ethyl adjacent to an activating group) is 1. The Balaban J connectivity index is 2.98. The van der Waals surface area contributed by atoms with Gasteiger partial charge in [0, 0.05) is 24.7 Å². The lowest BCUT2D eigenvalue weighted by Crippen LogP contribution is -2.32. The first-order valence-electron chi connectivity index (χ1n) is 5.28. The largest absolute Gasteiger partial charge is 0.359 e. The number of nitrogens with zero attached hydrogens (tertiary/aromatic N) is 1. The summed E-state index contributed by atoms with van der Waals surface area (Å²) in [7, 11) is 4.38. The van der Waals surface area contributed by atoms with Crippen molar-refractivity contribution in [1.29, 1.82) is 0 Å². The van der Waals surface area contributed by atoms with Crippen LogP contribution >= 0.6 is 11.6 Å². The van der Waals surface area contributed by atoms with E-state index in [0.29, 0.717) is 10.6 Å². The van der Waals surface area contributed by atoms with Gasteiger partial charge in [-0.2, -0.15) is 0 Å². The smallest absolute Gasteiger partial charge is 0.279 e. The van der Waals surface area contributed by atoms with Crippen LogP contribution in [0.5, 0.6) is 0 Å². The van der Waals surface area contributed by atoms with Gasteiger partial charge in [0.05, 0.1) is 7.11 Å². The topological polar surface area (TPSA) is 48.0 Å². The van der Waals surface area contributed by atoms with Gasteiger partial charge in [-0.05, 0) is 6.07 Å². The van der Waals surface area contributed by atoms with E-state index < -0.39 is 6.10 Å². The summed E-state index contributed by atoms with van der Waals surface area (Å²) in [6, 6.07) is 6.98. The van der Waals surface area contributed by atoms with E-state index in [-0.39, 0.29) is 12.7 Å². The van der Waals surface area contributed by atoms with Gasteiger partial charge in [0.1, 0.15) is 6.79 Å². The number of halogens is 1. The number of hydrogen-bond donors (Lipinski definition) is 0. The van der Waals surface area contributed by atoms with Gasteiger partial charge in [-0.25, -0.2) is 5.06 Å². The lowest BCUT2D eigenvalue weighted by atomic mass is 10.1. The van der Waals surface area contributed by atoms with Crippen molar-refractivity contribution in [1.82, 2.24) is 5.06 Å². The summed E-state index contributed by atoms with van der Waals surface area (Å²) in [5, 5.41) is 1.54. The minimum Gasteiger partial charge on any atom is -0.359 e. The number of rotatable bonds is 6. The molecule has 0 bridgehead atoms. The molecule has 0 radical (unpaired) electrons. The molecule has 1 atom stereocenters. The van der Waals surface area contributed by atoms with Gasteiger partial charge in [-0.15, -0.1) is 0 Å². The Morgan fingerprint density at radius 3 is 2.61 bits per heavy atom. The maximum absolute atomic E-state index is 12.1. The van der Waals surface area contributed by atoms with Crippen molar-refractivity contribution in [3.8, 4) is 0 Å². The summed E-state index contributed by atoms with van der Waals surface area (Å²) in [5.41, 5.74) is 0.574. The number of amides is 1. The number of carbonyl (C=O) groups is 1. The summed E-state index contributed by atoms with van der Waals surface area (Å²) in [6.07, 6.45) is -0.858. The van der Waals surface area contributed by atoms with Crippen molar-refractivity contribution in [2.24, 2.45) is 0 Å². The van der Waals surface area contributed by atoms with Crippen molar-refractivity contribution in [3.63, 3.8) is 0 Å². The van der Waals surface area contributed by atoms with Crippen LogP contribution in [0.15, 0.2) is 24.3 Å². The summed E-state index contributed by atoms with van der Waals surface area (Å²) in [4.78, 5) is 16.9. The zero-order chi connectivity index (χ0) is 13.5. The molecule has 6 heteroatoms. The third kappa shape index (κ3) is 3.68. The van der Waals surface area contributed by atoms with Gasteiger partial charge in [0.25, 0.3) is 5.91 Å². The molecule has 0 aliphatic rings. The molecule has 0 aliphatic carbocycles. The molecule has 1 aromatic rings. The first-order valence-corrected chi connectivity index (χ1v) is 5.66. The van der Waals surface area contributed by atoms with Crippen LogP contribution in [0.25, 0.3) is 0 Å². The van der Waals surface area contributed by atoms with Gasteiger partial charge in [-0.3, -0.25) is 9.63 Å². The Hall–Kier alpha value is -1.14. The second-order valence-corrected chi connectivity index (χ2v) is 3.90. The molecule has 0 aliphatic heterocycles. The molecule has 18 heavy (non-hydrogen) atoms. The zero-order valence-corrected chi connectivity index (χ0v) is 11.3. The third-order valence-corrected chi connectivity index (χ3v) is 2.69. The summed E-state index contributed by atoms with van der Waals surface area (Å²) < 4.78 is 10.2. The lowest BCUT2D eigenvalue weighted by molar-refractivity contribution is -0.187. The quantitative estimate of drug-likeness (QED) is 0.588. The van der Waals surface area contributed by atoms with Crippen molar-refractivity contribution in [2.75, 3.05) is 28.1 Å². The number of hydroxylamine groups is 2. The fraction of sp³-hybridized carbons (Fsp3) is 0.417. The van der Waals surface area contributed by atoms with Crippen molar-refractivity contribution < 1.29 is 19.1 Å². The number of methoxy groups -OCH3 is 1. The van der Waals surface area contributed by atoms with E-state index in [1.165, 1.54) is 21.3 Å². The molecule has 1 aromatic carbocycles. The first kappa shape index (κ1) is 14.9. The molecular formula is C12H16ClNO4. The fourth-order valence-corrected chi connectivity index (χ4v) is 1.61. The van der Waals surface area contributed by atoms with Crippen molar-refractivity contribution in [2.45, 2.75) is 6.10 Å². The van der Waals surface area contributed by atoms with Gasteiger partial charge in [0.15, 0.2) is 6.10 Å². The molecule has 0 spiro atoms. The zero-order valence-electron chi connectivity index (χ0n) is 10.6. The Kier molecular flexibility index (Phi) is 6.07. The third-order valence-electron chi connectivity index (χ3n) is 2.35. The number of benzene rings is 1. The monoisotopic (exact) mass is 273 g/mol. The first-order chi connectivity index (χ1) is 8.61. The minimum atomic E-state index is -0.858. The van der Waals surface area contributed by atoms with Crippen LogP contribution in [0.3, 0.4) is 0 Å². The highest BCUT2D eigenvalue weighted by Gasteiger charge is 2.26. The van der Waals surface area contributed by atoms with Crippen molar-refractivity contribution >= 4 is 17.5 Å². The number of ether oxygens (including phenoxy) is 2. The van der Waals surface area contributed by atoms with Crippen LogP contribution in [0.2, 0.25) is 5.02 Å². The maximum Gasteiger partial charge on any atom is 0.279 e. The van der Waals surface area contributed by atoms with E-state index in [0.717, 1.165) is 5.06 Å². The van der Waals surface area contributed by atoms with E-state index in [2.05, 4.69) is 0 Å². The van der Waals surface area contributed by atoms with Crippen LogP contribution in [-0.2, 0) is 19.1 Å². The minimum absolute atomic E-state index is 0.0147. The molecule has 0 saturated heterocycles. The SMILES string of the molecule is COCOC(C(=O)N(C)OC)c1ccccc1Cl. The molecule has 1 rings (SSSR count). The average molecular weight is 274 g/mol. The molecule has 0 N–H and O–H groups in total. The van der Waals surface area contributed by atoms with Gasteiger partial charge >= 0.3 is 0 Å². The maximum atomic E-state index is 12.1. The fourth-order valence-electron chi connectivity index (χ4n) is 1.37. The summed E-state index contributed by atoms with van der Waals surface area (Å²) >= 11 is 6.06. The highest BCUT2D eigenvalue weighted by Crippen LogP contribution is 2.27. The van der Waals surface area contributed by atoms with E-state index in [1.807, 2.05) is 0 Å². The molecular weight excluding hydrogens is 258 g/mol. The van der Waals surface area contributed by atoms with E-state index in [9.17, 15) is 4.79 Å². The number of hydrogen-bond acceptors (Lipinski definition) is 4. The molecule has 1 unspecified atom stereocenters. The van der Waals surface area contributed by atoms with E-state index in [4.69, 9.17) is 25.9 Å². The second-order valence-electron chi connectivity index (χ2n) is 3.49. The highest BCUT2D eigenvalue weighted by molar-refractivity contribution is 6.31. The summed E-state index contributed by atoms with van der Waals surface area (Å²) in [6.45, 7) is -0.0147. The van der Waals surface area contributed by atoms with Gasteiger partial charge in [0.2, 0.25) is 0 Å². The Morgan fingerprint density at radius 1 is 1.39 bits per heavy atom. The second kappa shape index (κ2) is 7.33. The Labute approximate surface area is 111 Å². The van der Waals surface area contributed by atoms with E-state index >= 15 is 0 Å². The molecule has 0 aromatic heterocycles. The lowest BCUT2D eigenvalue weighted by Gasteiger charge is -2.22. The number of carbonyl (C=O) groups excluding carboxylic acids is 1. The van der Waals surface area contributed by atoms with Crippen LogP contribution in [0.1, 0.15) is 11.7 Å². The predicted molar refractivity (Wildman–Crippen MR) is 66.9 cm³/mol. The molecule has 0 saturated carbocycles. The molecule has 1 amide bonds.